The van der Waals surface area contributed by atoms with Crippen LogP contribution in [-0.2, 0) is 11.2 Å². The number of aryl methyl sites for hydroxylation is 1. The van der Waals surface area contributed by atoms with Crippen LogP contribution < -0.4 is 5.32 Å². The molecule has 6 nitrogen and oxygen atoms in total. The molecule has 22 heavy (non-hydrogen) atoms. The van der Waals surface area contributed by atoms with Crippen LogP contribution in [0.15, 0.2) is 27.3 Å². The molecule has 2 aromatic heterocycles. The van der Waals surface area contributed by atoms with E-state index in [1.165, 1.54) is 12.8 Å². The van der Waals surface area contributed by atoms with Gasteiger partial charge >= 0.3 is 0 Å². The summed E-state index contributed by atoms with van der Waals surface area (Å²) in [7, 11) is 0. The number of hydrogen-bond acceptors (Lipinski definition) is 5. The Kier molecular flexibility index (Phi) is 4.56. The van der Waals surface area contributed by atoms with E-state index >= 15 is 0 Å². The lowest BCUT2D eigenvalue weighted by molar-refractivity contribution is -0.122. The van der Waals surface area contributed by atoms with E-state index < -0.39 is 0 Å². The molecule has 6 heteroatoms. The topological polar surface area (TPSA) is 81.2 Å². The summed E-state index contributed by atoms with van der Waals surface area (Å²) >= 11 is 0. The van der Waals surface area contributed by atoms with E-state index in [2.05, 4.69) is 22.4 Å². The van der Waals surface area contributed by atoms with Crippen molar-refractivity contribution in [1.29, 1.82) is 0 Å². The van der Waals surface area contributed by atoms with Crippen LogP contribution in [0, 0.1) is 5.92 Å². The van der Waals surface area contributed by atoms with Crippen molar-refractivity contribution in [1.82, 2.24) is 15.5 Å². The summed E-state index contributed by atoms with van der Waals surface area (Å²) < 4.78 is 10.3. The van der Waals surface area contributed by atoms with Gasteiger partial charge in [0.15, 0.2) is 5.76 Å². The molecular weight excluding hydrogens is 282 g/mol. The van der Waals surface area contributed by atoms with Gasteiger partial charge in [-0.3, -0.25) is 4.79 Å². The third kappa shape index (κ3) is 3.75. The summed E-state index contributed by atoms with van der Waals surface area (Å²) in [4.78, 5) is 16.2. The first-order valence-electron chi connectivity index (χ1n) is 7.86. The third-order valence-electron chi connectivity index (χ3n) is 4.08. The maximum Gasteiger partial charge on any atom is 0.238 e. The highest BCUT2D eigenvalue weighted by Gasteiger charge is 2.20. The quantitative estimate of drug-likeness (QED) is 0.918. The van der Waals surface area contributed by atoms with E-state index in [4.69, 9.17) is 8.94 Å². The molecule has 0 bridgehead atoms. The summed E-state index contributed by atoms with van der Waals surface area (Å²) in [6, 6.07) is 3.85. The normalized spacial score (nSPS) is 21.7. The zero-order valence-electron chi connectivity index (χ0n) is 12.7. The van der Waals surface area contributed by atoms with E-state index in [0.717, 1.165) is 12.8 Å². The minimum atomic E-state index is 0.0526. The third-order valence-corrected chi connectivity index (χ3v) is 4.08. The summed E-state index contributed by atoms with van der Waals surface area (Å²) in [5.74, 6) is 2.19. The molecule has 0 aliphatic heterocycles. The van der Waals surface area contributed by atoms with Crippen LogP contribution in [-0.4, -0.2) is 22.1 Å². The van der Waals surface area contributed by atoms with E-state index in [0.29, 0.717) is 42.3 Å². The van der Waals surface area contributed by atoms with E-state index in [1.807, 2.05) is 0 Å². The second kappa shape index (κ2) is 6.77. The maximum absolute atomic E-state index is 12.0. The van der Waals surface area contributed by atoms with Crippen LogP contribution in [0.2, 0.25) is 0 Å². The van der Waals surface area contributed by atoms with Gasteiger partial charge in [0.25, 0.3) is 0 Å². The number of nitrogens with one attached hydrogen (secondary N) is 1. The SMILES string of the molecule is CC1CCCC(NC(=O)CCc2nc(-c3ccco3)no2)C1. The first-order chi connectivity index (χ1) is 10.7. The Morgan fingerprint density at radius 1 is 1.45 bits per heavy atom. The minimum absolute atomic E-state index is 0.0526. The standard InChI is InChI=1S/C16H21N3O3/c1-11-4-2-5-12(10-11)17-14(20)7-8-15-18-16(19-22-15)13-6-3-9-21-13/h3,6,9,11-12H,2,4-5,7-8,10H2,1H3,(H,17,20). The number of rotatable bonds is 5. The van der Waals surface area contributed by atoms with Crippen molar-refractivity contribution < 1.29 is 13.7 Å². The smallest absolute Gasteiger partial charge is 0.238 e. The van der Waals surface area contributed by atoms with Gasteiger partial charge in [0.05, 0.1) is 6.26 Å². The van der Waals surface area contributed by atoms with Crippen LogP contribution in [0.5, 0.6) is 0 Å². The summed E-state index contributed by atoms with van der Waals surface area (Å²) in [6.45, 7) is 2.24. The minimum Gasteiger partial charge on any atom is -0.461 e. The maximum atomic E-state index is 12.0. The molecule has 0 aromatic carbocycles. The largest absolute Gasteiger partial charge is 0.461 e. The van der Waals surface area contributed by atoms with Gasteiger partial charge in [0.1, 0.15) is 0 Å². The van der Waals surface area contributed by atoms with Gasteiger partial charge in [-0.25, -0.2) is 0 Å². The fraction of sp³-hybridized carbons (Fsp3) is 0.562. The molecule has 2 aromatic rings. The molecule has 1 N–H and O–H groups in total. The van der Waals surface area contributed by atoms with Gasteiger partial charge in [0.2, 0.25) is 17.6 Å². The molecule has 3 rings (SSSR count). The van der Waals surface area contributed by atoms with Crippen LogP contribution in [0.3, 0.4) is 0 Å². The van der Waals surface area contributed by atoms with Crippen LogP contribution in [0.4, 0.5) is 0 Å². The molecule has 2 unspecified atom stereocenters. The van der Waals surface area contributed by atoms with Crippen molar-refractivity contribution in [2.45, 2.75) is 51.5 Å². The highest BCUT2D eigenvalue weighted by molar-refractivity contribution is 5.76. The summed E-state index contributed by atoms with van der Waals surface area (Å²) in [5, 5.41) is 6.96. The van der Waals surface area contributed by atoms with Gasteiger partial charge in [-0.05, 0) is 30.9 Å². The predicted octanol–water partition coefficient (Wildman–Crippen LogP) is 2.96. The Balaban J connectivity index is 1.47. The van der Waals surface area contributed by atoms with Crippen molar-refractivity contribution in [3.05, 3.63) is 24.3 Å². The lowest BCUT2D eigenvalue weighted by Gasteiger charge is -2.27. The molecule has 1 aliphatic carbocycles. The zero-order chi connectivity index (χ0) is 15.4. The number of furan rings is 1. The average Bonchev–Trinajstić information content (AvgIpc) is 3.16. The second-order valence-electron chi connectivity index (χ2n) is 6.03. The van der Waals surface area contributed by atoms with Gasteiger partial charge < -0.3 is 14.3 Å². The molecule has 1 amide bonds. The number of carbonyl (C=O) groups excluding carboxylic acids is 1. The van der Waals surface area contributed by atoms with Crippen molar-refractivity contribution in [2.75, 3.05) is 0 Å². The second-order valence-corrected chi connectivity index (χ2v) is 6.03. The van der Waals surface area contributed by atoms with Gasteiger partial charge in [-0.1, -0.05) is 24.9 Å². The van der Waals surface area contributed by atoms with E-state index in [9.17, 15) is 4.79 Å². The zero-order valence-corrected chi connectivity index (χ0v) is 12.7. The number of hydrogen-bond donors (Lipinski definition) is 1. The number of aromatic nitrogens is 2. The number of nitrogens with zero attached hydrogens (tertiary/aromatic N) is 2. The highest BCUT2D eigenvalue weighted by Crippen LogP contribution is 2.23. The fourth-order valence-electron chi connectivity index (χ4n) is 2.95. The van der Waals surface area contributed by atoms with Crippen molar-refractivity contribution in [3.63, 3.8) is 0 Å². The molecule has 118 valence electrons. The average molecular weight is 303 g/mol. The first-order valence-corrected chi connectivity index (χ1v) is 7.86. The fourth-order valence-corrected chi connectivity index (χ4v) is 2.95. The highest BCUT2D eigenvalue weighted by atomic mass is 16.5. The monoisotopic (exact) mass is 303 g/mol. The number of amides is 1. The molecule has 2 atom stereocenters. The van der Waals surface area contributed by atoms with Crippen molar-refractivity contribution in [3.8, 4) is 11.6 Å². The Morgan fingerprint density at radius 2 is 2.36 bits per heavy atom. The summed E-state index contributed by atoms with van der Waals surface area (Å²) in [5.41, 5.74) is 0. The number of carbonyl (C=O) groups is 1. The molecule has 0 radical (unpaired) electrons. The Hall–Kier alpha value is -2.11. The first kappa shape index (κ1) is 14.8. The molecule has 0 saturated heterocycles. The Labute approximate surface area is 129 Å². The van der Waals surface area contributed by atoms with Crippen molar-refractivity contribution in [2.24, 2.45) is 5.92 Å². The van der Waals surface area contributed by atoms with Crippen LogP contribution >= 0.6 is 0 Å². The molecule has 2 heterocycles. The summed E-state index contributed by atoms with van der Waals surface area (Å²) in [6.07, 6.45) is 7.00. The Morgan fingerprint density at radius 3 is 3.14 bits per heavy atom. The Bertz CT molecular complexity index is 606. The molecule has 1 saturated carbocycles. The lowest BCUT2D eigenvalue weighted by atomic mass is 9.87. The predicted molar refractivity (Wildman–Crippen MR) is 79.9 cm³/mol. The van der Waals surface area contributed by atoms with Gasteiger partial charge in [0, 0.05) is 18.9 Å². The van der Waals surface area contributed by atoms with Crippen LogP contribution in [0.1, 0.15) is 44.9 Å². The molecule has 1 fully saturated rings. The molecular formula is C16H21N3O3. The molecule has 1 aliphatic rings. The van der Waals surface area contributed by atoms with E-state index in [-0.39, 0.29) is 5.91 Å². The van der Waals surface area contributed by atoms with Gasteiger partial charge in [-0.2, -0.15) is 4.98 Å². The van der Waals surface area contributed by atoms with Gasteiger partial charge in [-0.15, -0.1) is 0 Å². The lowest BCUT2D eigenvalue weighted by Crippen LogP contribution is -2.38. The molecule has 0 spiro atoms. The van der Waals surface area contributed by atoms with Crippen molar-refractivity contribution >= 4 is 5.91 Å². The van der Waals surface area contributed by atoms with E-state index in [1.54, 1.807) is 18.4 Å². The van der Waals surface area contributed by atoms with Crippen LogP contribution in [0.25, 0.3) is 11.6 Å².